The minimum atomic E-state index is -0.0981. The molecule has 1 aromatic heterocycles. The van der Waals surface area contributed by atoms with Gasteiger partial charge in [-0.25, -0.2) is 9.97 Å². The number of nitrogens with zero attached hydrogens (tertiary/aromatic N) is 2. The number of hydrogen-bond donors (Lipinski definition) is 0. The second-order valence-corrected chi connectivity index (χ2v) is 10.1. The molecule has 1 saturated heterocycles. The molecule has 2 heterocycles. The van der Waals surface area contributed by atoms with Crippen LogP contribution in [0.3, 0.4) is 0 Å². The van der Waals surface area contributed by atoms with Gasteiger partial charge in [-0.15, -0.1) is 0 Å². The van der Waals surface area contributed by atoms with Crippen LogP contribution in [0.1, 0.15) is 84.5 Å². The van der Waals surface area contributed by atoms with Crippen LogP contribution in [0.2, 0.25) is 0 Å². The Labute approximate surface area is 209 Å². The van der Waals surface area contributed by atoms with E-state index in [2.05, 4.69) is 23.8 Å². The van der Waals surface area contributed by atoms with Crippen molar-refractivity contribution in [2.75, 3.05) is 6.61 Å². The van der Waals surface area contributed by atoms with Crippen molar-refractivity contribution in [3.8, 4) is 22.9 Å². The third-order valence-corrected chi connectivity index (χ3v) is 7.30. The summed E-state index contributed by atoms with van der Waals surface area (Å²) >= 11 is 0. The van der Waals surface area contributed by atoms with E-state index in [1.165, 1.54) is 38.5 Å². The van der Waals surface area contributed by atoms with Crippen LogP contribution in [0.5, 0.6) is 11.5 Å². The van der Waals surface area contributed by atoms with Crippen molar-refractivity contribution >= 4 is 5.97 Å². The molecular formula is C29H40N2O4. The first kappa shape index (κ1) is 25.6. The van der Waals surface area contributed by atoms with Crippen LogP contribution in [0.4, 0.5) is 0 Å². The number of esters is 1. The number of epoxide rings is 1. The Morgan fingerprint density at radius 1 is 0.886 bits per heavy atom. The van der Waals surface area contributed by atoms with E-state index >= 15 is 0 Å². The zero-order valence-electron chi connectivity index (χ0n) is 21.3. The fraction of sp³-hybridized carbons (Fsp3) is 0.621. The van der Waals surface area contributed by atoms with Gasteiger partial charge in [-0.05, 0) is 62.3 Å². The molecule has 1 aliphatic carbocycles. The molecule has 0 unspecified atom stereocenters. The van der Waals surface area contributed by atoms with Gasteiger partial charge in [0, 0.05) is 5.56 Å². The molecule has 0 bridgehead atoms. The molecule has 190 valence electrons. The number of hydrogen-bond acceptors (Lipinski definition) is 6. The summed E-state index contributed by atoms with van der Waals surface area (Å²) in [5, 5.41) is 0. The lowest BCUT2D eigenvalue weighted by atomic mass is 9.80. The minimum Gasteiger partial charge on any atom is -0.488 e. The van der Waals surface area contributed by atoms with Crippen molar-refractivity contribution in [3.63, 3.8) is 0 Å². The maximum atomic E-state index is 12.6. The Kier molecular flexibility index (Phi) is 9.52. The van der Waals surface area contributed by atoms with Crippen molar-refractivity contribution in [2.45, 2.75) is 96.7 Å². The second kappa shape index (κ2) is 13.0. The number of unbranched alkanes of at least 4 members (excludes halogenated alkanes) is 3. The molecule has 1 aromatic carbocycles. The van der Waals surface area contributed by atoms with Crippen LogP contribution in [-0.2, 0) is 9.53 Å². The zero-order valence-corrected chi connectivity index (χ0v) is 21.3. The van der Waals surface area contributed by atoms with Gasteiger partial charge in [0.25, 0.3) is 0 Å². The van der Waals surface area contributed by atoms with Gasteiger partial charge in [0.05, 0.1) is 24.4 Å². The average molecular weight is 481 g/mol. The lowest BCUT2D eigenvalue weighted by Gasteiger charge is -2.27. The summed E-state index contributed by atoms with van der Waals surface area (Å²) in [5.41, 5.74) is 0.870. The average Bonchev–Trinajstić information content (AvgIpc) is 3.66. The lowest BCUT2D eigenvalue weighted by molar-refractivity contribution is -0.140. The lowest BCUT2D eigenvalue weighted by Crippen LogP contribution is -2.25. The Hall–Kier alpha value is -2.47. The van der Waals surface area contributed by atoms with Gasteiger partial charge in [0.2, 0.25) is 0 Å². The molecule has 1 saturated carbocycles. The molecule has 0 amide bonds. The van der Waals surface area contributed by atoms with E-state index in [0.717, 1.165) is 43.6 Å². The number of carbonyl (C=O) groups is 1. The third kappa shape index (κ3) is 7.76. The molecule has 4 rings (SSSR count). The zero-order chi connectivity index (χ0) is 24.5. The molecule has 0 radical (unpaired) electrons. The third-order valence-electron chi connectivity index (χ3n) is 7.30. The summed E-state index contributed by atoms with van der Waals surface area (Å²) in [4.78, 5) is 21.5. The highest BCUT2D eigenvalue weighted by Crippen LogP contribution is 2.33. The Morgan fingerprint density at radius 2 is 1.60 bits per heavy atom. The summed E-state index contributed by atoms with van der Waals surface area (Å²) in [6, 6.07) is 7.41. The maximum Gasteiger partial charge on any atom is 0.314 e. The molecular weight excluding hydrogens is 440 g/mol. The van der Waals surface area contributed by atoms with Crippen molar-refractivity contribution < 1.29 is 19.0 Å². The molecule has 2 fully saturated rings. The summed E-state index contributed by atoms with van der Waals surface area (Å²) in [5.74, 6) is 2.54. The molecule has 0 spiro atoms. The Balaban J connectivity index is 1.20. The molecule has 6 nitrogen and oxygen atoms in total. The van der Waals surface area contributed by atoms with E-state index in [0.29, 0.717) is 30.0 Å². The quantitative estimate of drug-likeness (QED) is 0.136. The minimum absolute atomic E-state index is 0.0240. The van der Waals surface area contributed by atoms with Crippen LogP contribution in [0, 0.1) is 11.8 Å². The van der Waals surface area contributed by atoms with Crippen LogP contribution < -0.4 is 9.47 Å². The summed E-state index contributed by atoms with van der Waals surface area (Å²) in [7, 11) is 0. The van der Waals surface area contributed by atoms with Crippen molar-refractivity contribution in [2.24, 2.45) is 11.8 Å². The van der Waals surface area contributed by atoms with Gasteiger partial charge in [-0.3, -0.25) is 4.79 Å². The van der Waals surface area contributed by atoms with E-state index in [1.807, 2.05) is 24.3 Å². The van der Waals surface area contributed by atoms with Crippen LogP contribution >= 0.6 is 0 Å². The van der Waals surface area contributed by atoms with Gasteiger partial charge in [0.15, 0.2) is 11.6 Å². The molecule has 0 N–H and O–H groups in total. The van der Waals surface area contributed by atoms with Gasteiger partial charge in [-0.1, -0.05) is 52.4 Å². The van der Waals surface area contributed by atoms with Crippen LogP contribution in [0.15, 0.2) is 36.7 Å². The number of carbonyl (C=O) groups excluding carboxylic acids is 1. The second-order valence-electron chi connectivity index (χ2n) is 10.1. The van der Waals surface area contributed by atoms with E-state index in [-0.39, 0.29) is 18.0 Å². The van der Waals surface area contributed by atoms with Crippen LogP contribution in [-0.4, -0.2) is 34.8 Å². The number of ether oxygens (including phenoxy) is 3. The smallest absolute Gasteiger partial charge is 0.314 e. The molecule has 2 aliphatic rings. The summed E-state index contributed by atoms with van der Waals surface area (Å²) in [6.07, 6.45) is 16.8. The van der Waals surface area contributed by atoms with E-state index in [9.17, 15) is 4.79 Å². The number of rotatable bonds is 13. The molecule has 2 aromatic rings. The predicted molar refractivity (Wildman–Crippen MR) is 136 cm³/mol. The highest BCUT2D eigenvalue weighted by Gasteiger charge is 2.38. The van der Waals surface area contributed by atoms with Crippen molar-refractivity contribution in [1.82, 2.24) is 9.97 Å². The van der Waals surface area contributed by atoms with E-state index in [4.69, 9.17) is 14.2 Å². The summed E-state index contributed by atoms with van der Waals surface area (Å²) in [6.45, 7) is 4.97. The highest BCUT2D eigenvalue weighted by atomic mass is 16.6. The van der Waals surface area contributed by atoms with E-state index < -0.39 is 0 Å². The normalized spacial score (nSPS) is 23.6. The van der Waals surface area contributed by atoms with Crippen LogP contribution in [0.25, 0.3) is 11.4 Å². The standard InChI is InChI=1S/C29H40N2O4/c1-3-5-7-8-21-10-12-23(13-11-21)29(32)34-24-16-14-22(15-17-24)28-30-18-25(19-31-28)33-20-27-26(35-27)9-6-4-2/h14-19,21,23,26-27H,3-13,20H2,1-2H3/t21-,23-,26-,27-/m0/s1. The SMILES string of the molecule is CCCCC[C@H]1CC[C@H](C(=O)Oc2ccc(-c3ncc(OC[C@@H]4O[C@H]4CCCC)cn3)cc2)CC1. The first-order chi connectivity index (χ1) is 17.2. The van der Waals surface area contributed by atoms with Gasteiger partial charge in [-0.2, -0.15) is 0 Å². The topological polar surface area (TPSA) is 73.8 Å². The fourth-order valence-corrected chi connectivity index (χ4v) is 4.94. The fourth-order valence-electron chi connectivity index (χ4n) is 4.94. The van der Waals surface area contributed by atoms with Crippen molar-refractivity contribution in [3.05, 3.63) is 36.7 Å². The maximum absolute atomic E-state index is 12.6. The monoisotopic (exact) mass is 480 g/mol. The Morgan fingerprint density at radius 3 is 2.29 bits per heavy atom. The van der Waals surface area contributed by atoms with Gasteiger partial charge in [0.1, 0.15) is 18.5 Å². The first-order valence-electron chi connectivity index (χ1n) is 13.6. The molecule has 2 atom stereocenters. The van der Waals surface area contributed by atoms with E-state index in [1.54, 1.807) is 12.4 Å². The Bertz CT molecular complexity index is 907. The molecule has 35 heavy (non-hydrogen) atoms. The van der Waals surface area contributed by atoms with Gasteiger partial charge >= 0.3 is 5.97 Å². The summed E-state index contributed by atoms with van der Waals surface area (Å²) < 4.78 is 17.1. The molecule has 1 aliphatic heterocycles. The predicted octanol–water partition coefficient (Wildman–Crippen LogP) is 6.77. The van der Waals surface area contributed by atoms with Crippen molar-refractivity contribution in [1.29, 1.82) is 0 Å². The molecule has 6 heteroatoms. The van der Waals surface area contributed by atoms with Gasteiger partial charge < -0.3 is 14.2 Å². The highest BCUT2D eigenvalue weighted by molar-refractivity contribution is 5.75. The number of aromatic nitrogens is 2. The number of benzene rings is 1. The first-order valence-corrected chi connectivity index (χ1v) is 13.6. The largest absolute Gasteiger partial charge is 0.488 e.